The topological polar surface area (TPSA) is 86.3 Å². The quantitative estimate of drug-likeness (QED) is 0.145. The van der Waals surface area contributed by atoms with E-state index in [-0.39, 0.29) is 5.92 Å². The van der Waals surface area contributed by atoms with Crippen molar-refractivity contribution in [2.45, 2.75) is 84.1 Å². The molecule has 2 saturated heterocycles. The van der Waals surface area contributed by atoms with Gasteiger partial charge in [0.05, 0.1) is 11.1 Å². The number of aromatic amines is 1. The number of carbonyl (C=O) groups excluding carboxylic acids is 1. The summed E-state index contributed by atoms with van der Waals surface area (Å²) in [7, 11) is 0. The highest BCUT2D eigenvalue weighted by Crippen LogP contribution is 2.44. The maximum Gasteiger partial charge on any atom is 0.233 e. The number of aryl methyl sites for hydroxylation is 2. The number of benzene rings is 2. The number of nitrogens with one attached hydrogen (secondary N) is 4. The number of H-pyrrole nitrogens is 1. The van der Waals surface area contributed by atoms with Crippen LogP contribution in [0.2, 0.25) is 0 Å². The Balaban J connectivity index is 1.15. The molecule has 0 radical (unpaired) electrons. The van der Waals surface area contributed by atoms with Gasteiger partial charge < -0.3 is 31.6 Å². The molecule has 3 aliphatic heterocycles. The Morgan fingerprint density at radius 1 is 1.09 bits per heavy atom. The number of anilines is 1. The average Bonchev–Trinajstić information content (AvgIpc) is 3.74. The minimum absolute atomic E-state index is 0.281. The van der Waals surface area contributed by atoms with Crippen LogP contribution in [0.25, 0.3) is 26.9 Å². The molecule has 44 heavy (non-hydrogen) atoms. The van der Waals surface area contributed by atoms with Gasteiger partial charge in [-0.25, -0.2) is 0 Å². The predicted molar refractivity (Wildman–Crippen MR) is 183 cm³/mol. The molecule has 3 fully saturated rings. The van der Waals surface area contributed by atoms with E-state index >= 15 is 0 Å². The largest absolute Gasteiger partial charge is 0.602 e. The smallest absolute Gasteiger partial charge is 0.233 e. The first-order chi connectivity index (χ1) is 21.2. The Labute approximate surface area is 265 Å². The molecule has 4 aromatic rings. The molecule has 7 nitrogen and oxygen atoms in total. The van der Waals surface area contributed by atoms with Crippen molar-refractivity contribution in [3.63, 3.8) is 0 Å². The standard InChI is InChI=1S/C36H45N6OS/c1-21-14-22(2)16-26(15-21)33-32(23(3)19-37-13-12-24-8-11-29-30(17-24)40-41-39-29)28-18-31(44-34(28)38-33)36(4,5)35(43)42-20-25-6-9-27(42)10-7-25/h8,11,14-18,23,25,27,37-38,40-41H,6-7,9-10,12-13,19-20H2,1-5H3/q-1/t23-,25?,27?/m1/s1. The summed E-state index contributed by atoms with van der Waals surface area (Å²) in [6.45, 7) is 13.6. The molecule has 4 N–H and O–H groups in total. The number of carbonyl (C=O) groups is 1. The number of piperidine rings is 2. The lowest BCUT2D eigenvalue weighted by Crippen LogP contribution is -2.55. The molecule has 232 valence electrons. The van der Waals surface area contributed by atoms with Crippen molar-refractivity contribution in [2.75, 3.05) is 25.1 Å². The minimum atomic E-state index is -0.547. The highest BCUT2D eigenvalue weighted by atomic mass is 32.1. The highest BCUT2D eigenvalue weighted by Gasteiger charge is 2.43. The first-order valence-electron chi connectivity index (χ1n) is 16.3. The fraction of sp³-hybridized carbons (Fsp3) is 0.472. The van der Waals surface area contributed by atoms with E-state index in [1.54, 1.807) is 11.3 Å². The van der Waals surface area contributed by atoms with Crippen molar-refractivity contribution in [3.8, 4) is 11.3 Å². The molecule has 4 aliphatic rings. The van der Waals surface area contributed by atoms with Gasteiger partial charge in [0.2, 0.25) is 5.91 Å². The van der Waals surface area contributed by atoms with Gasteiger partial charge in [-0.05, 0) is 119 Å². The number of aromatic nitrogens is 1. The third-order valence-corrected chi connectivity index (χ3v) is 11.5. The van der Waals surface area contributed by atoms with Gasteiger partial charge >= 0.3 is 0 Å². The van der Waals surface area contributed by atoms with Crippen LogP contribution in [0.4, 0.5) is 11.4 Å². The van der Waals surface area contributed by atoms with E-state index in [0.717, 1.165) is 42.3 Å². The number of amides is 1. The van der Waals surface area contributed by atoms with Gasteiger partial charge in [0.1, 0.15) is 4.83 Å². The molecule has 0 unspecified atom stereocenters. The van der Waals surface area contributed by atoms with Gasteiger partial charge in [-0.2, -0.15) is 0 Å². The van der Waals surface area contributed by atoms with E-state index in [1.165, 1.54) is 69.4 Å². The fourth-order valence-electron chi connectivity index (χ4n) is 7.68. The van der Waals surface area contributed by atoms with Crippen LogP contribution in [0.5, 0.6) is 0 Å². The van der Waals surface area contributed by atoms with E-state index in [2.05, 4.69) is 109 Å². The Morgan fingerprint density at radius 2 is 1.86 bits per heavy atom. The molecule has 8 heteroatoms. The van der Waals surface area contributed by atoms with Crippen LogP contribution in [0.1, 0.15) is 79.5 Å². The van der Waals surface area contributed by atoms with Crippen LogP contribution >= 0.6 is 11.3 Å². The molecule has 2 aromatic heterocycles. The summed E-state index contributed by atoms with van der Waals surface area (Å²) in [5.41, 5.74) is 19.2. The second kappa shape index (κ2) is 11.5. The second-order valence-corrected chi connectivity index (χ2v) is 15.0. The number of hydrazine groups is 1. The van der Waals surface area contributed by atoms with Crippen molar-refractivity contribution in [3.05, 3.63) is 75.0 Å². The number of hydrogen-bond donors (Lipinski definition) is 4. The van der Waals surface area contributed by atoms with E-state index in [4.69, 9.17) is 0 Å². The van der Waals surface area contributed by atoms with Crippen LogP contribution in [-0.2, 0) is 16.6 Å². The predicted octanol–water partition coefficient (Wildman–Crippen LogP) is 7.98. The van der Waals surface area contributed by atoms with Crippen LogP contribution < -0.4 is 16.3 Å². The Kier molecular flexibility index (Phi) is 7.71. The summed E-state index contributed by atoms with van der Waals surface area (Å²) in [4.78, 5) is 22.4. The number of hydrogen-bond acceptors (Lipinski definition) is 5. The lowest BCUT2D eigenvalue weighted by molar-refractivity contribution is -0.143. The monoisotopic (exact) mass is 609 g/mol. The van der Waals surface area contributed by atoms with Gasteiger partial charge in [0, 0.05) is 35.1 Å². The minimum Gasteiger partial charge on any atom is -0.602 e. The van der Waals surface area contributed by atoms with E-state index in [0.29, 0.717) is 17.9 Å². The zero-order valence-electron chi connectivity index (χ0n) is 26.6. The third-order valence-electron chi connectivity index (χ3n) is 10.1. The molecule has 1 amide bonds. The number of thiophene rings is 1. The van der Waals surface area contributed by atoms with Crippen LogP contribution in [0, 0.1) is 19.8 Å². The first kappa shape index (κ1) is 29.4. The number of fused-ring (bicyclic) bond motifs is 5. The molecular formula is C36H45N6OS-. The molecule has 5 heterocycles. The molecule has 1 aliphatic carbocycles. The van der Waals surface area contributed by atoms with Gasteiger partial charge in [0.25, 0.3) is 0 Å². The molecule has 2 bridgehead atoms. The van der Waals surface area contributed by atoms with Gasteiger partial charge in [-0.1, -0.05) is 36.2 Å². The molecular weight excluding hydrogens is 565 g/mol. The van der Waals surface area contributed by atoms with E-state index in [9.17, 15) is 4.79 Å². The number of rotatable bonds is 9. The van der Waals surface area contributed by atoms with Crippen molar-refractivity contribution >= 4 is 38.8 Å². The van der Waals surface area contributed by atoms with Gasteiger partial charge in [-0.3, -0.25) is 4.79 Å². The fourth-order valence-corrected chi connectivity index (χ4v) is 8.85. The Bertz CT molecular complexity index is 1670. The van der Waals surface area contributed by atoms with E-state index < -0.39 is 5.41 Å². The summed E-state index contributed by atoms with van der Waals surface area (Å²) in [6.07, 6.45) is 5.85. The summed E-state index contributed by atoms with van der Waals surface area (Å²) in [5.74, 6) is 1.26. The molecule has 1 saturated carbocycles. The molecule has 2 aromatic carbocycles. The second-order valence-electron chi connectivity index (χ2n) is 14.0. The SMILES string of the molecule is Cc1cc(C)cc(-c2[nH]c3sc(C(C)(C)C(=O)N4CC5CCC4CC5)cc3c2[C@H](C)CNCCc2ccc3c(c2)NN[N-]3)c1. The summed E-state index contributed by atoms with van der Waals surface area (Å²) < 4.78 is 0. The lowest BCUT2D eigenvalue weighted by atomic mass is 9.78. The maximum atomic E-state index is 14.0. The molecule has 8 rings (SSSR count). The molecule has 1 atom stereocenters. The van der Waals surface area contributed by atoms with Gasteiger partial charge in [0.15, 0.2) is 0 Å². The zero-order chi connectivity index (χ0) is 30.6. The normalized spacial score (nSPS) is 20.1. The first-order valence-corrected chi connectivity index (χ1v) is 17.1. The third kappa shape index (κ3) is 5.41. The number of nitrogens with zero attached hydrogens (tertiary/aromatic N) is 2. The molecule has 0 spiro atoms. The average molecular weight is 610 g/mol. The Hall–Kier alpha value is -3.33. The van der Waals surface area contributed by atoms with E-state index in [1.807, 2.05) is 0 Å². The summed E-state index contributed by atoms with van der Waals surface area (Å²) in [5, 5.41) is 5.00. The summed E-state index contributed by atoms with van der Waals surface area (Å²) in [6, 6.07) is 15.9. The van der Waals surface area contributed by atoms with Crippen LogP contribution in [0.15, 0.2) is 42.5 Å². The lowest BCUT2D eigenvalue weighted by Gasteiger charge is -2.47. The van der Waals surface area contributed by atoms with Crippen LogP contribution in [0.3, 0.4) is 0 Å². The van der Waals surface area contributed by atoms with Crippen molar-refractivity contribution < 1.29 is 4.79 Å². The van der Waals surface area contributed by atoms with Gasteiger partial charge in [-0.15, -0.1) is 17.0 Å². The Morgan fingerprint density at radius 3 is 2.59 bits per heavy atom. The van der Waals surface area contributed by atoms with Crippen molar-refractivity contribution in [1.29, 1.82) is 0 Å². The van der Waals surface area contributed by atoms with Crippen LogP contribution in [-0.4, -0.2) is 41.5 Å². The maximum absolute atomic E-state index is 14.0. The summed E-state index contributed by atoms with van der Waals surface area (Å²) >= 11 is 1.77. The zero-order valence-corrected chi connectivity index (χ0v) is 27.5. The highest BCUT2D eigenvalue weighted by molar-refractivity contribution is 7.19. The van der Waals surface area contributed by atoms with Crippen molar-refractivity contribution in [2.24, 2.45) is 5.92 Å². The van der Waals surface area contributed by atoms with Crippen molar-refractivity contribution in [1.82, 2.24) is 20.7 Å².